The van der Waals surface area contributed by atoms with Gasteiger partial charge < -0.3 is 14.0 Å². The first-order valence-electron chi connectivity index (χ1n) is 15.9. The van der Waals surface area contributed by atoms with Gasteiger partial charge >= 0.3 is 0 Å². The molecule has 0 saturated heterocycles. The number of pyridine rings is 2. The third-order valence-corrected chi connectivity index (χ3v) is 8.42. The van der Waals surface area contributed by atoms with E-state index in [1.165, 1.54) is 0 Å². The average Bonchev–Trinajstić information content (AvgIpc) is 3.74. The van der Waals surface area contributed by atoms with Gasteiger partial charge in [-0.1, -0.05) is 96.7 Å². The van der Waals surface area contributed by atoms with E-state index in [1.807, 2.05) is 110 Å². The monoisotopic (exact) mass is 811 g/mol. The van der Waals surface area contributed by atoms with Crippen molar-refractivity contribution in [1.82, 2.24) is 19.5 Å². The van der Waals surface area contributed by atoms with E-state index in [0.29, 0.717) is 0 Å². The van der Waals surface area contributed by atoms with Gasteiger partial charge in [0, 0.05) is 42.9 Å². The molecule has 239 valence electrons. The second-order valence-corrected chi connectivity index (χ2v) is 11.6. The van der Waals surface area contributed by atoms with Gasteiger partial charge in [0.1, 0.15) is 5.58 Å². The molecule has 0 amide bonds. The molecule has 49 heavy (non-hydrogen) atoms. The largest absolute Gasteiger partial charge is 0.501 e. The van der Waals surface area contributed by atoms with Gasteiger partial charge in [-0.25, -0.2) is 0 Å². The van der Waals surface area contributed by atoms with Crippen LogP contribution in [0.5, 0.6) is 0 Å². The molecule has 0 aliphatic heterocycles. The molecule has 0 atom stereocenters. The van der Waals surface area contributed by atoms with Crippen molar-refractivity contribution in [2.75, 3.05) is 0 Å². The minimum absolute atomic E-state index is 0. The topological polar surface area (TPSA) is 56.7 Å². The van der Waals surface area contributed by atoms with Gasteiger partial charge in [0.25, 0.3) is 0 Å². The molecule has 4 aromatic heterocycles. The van der Waals surface area contributed by atoms with Crippen LogP contribution >= 0.6 is 0 Å². The summed E-state index contributed by atoms with van der Waals surface area (Å²) >= 11 is 0. The molecule has 0 spiro atoms. The van der Waals surface area contributed by atoms with E-state index in [1.54, 1.807) is 6.20 Å². The molecule has 0 fully saturated rings. The van der Waals surface area contributed by atoms with Gasteiger partial charge in [-0.3, -0.25) is 9.97 Å². The number of fused-ring (bicyclic) bond motifs is 4. The van der Waals surface area contributed by atoms with Gasteiger partial charge in [-0.2, -0.15) is 0 Å². The molecule has 9 aromatic rings. The van der Waals surface area contributed by atoms with Crippen molar-refractivity contribution < 1.29 is 24.5 Å². The molecule has 6 heteroatoms. The Labute approximate surface area is 298 Å². The number of para-hydroxylation sites is 2. The number of aryl methyl sites for hydroxylation is 2. The van der Waals surface area contributed by atoms with Crippen LogP contribution in [0.3, 0.4) is 0 Å². The summed E-state index contributed by atoms with van der Waals surface area (Å²) < 4.78 is 8.63. The Hall–Kier alpha value is -5.68. The SMILES string of the molecule is Cc1nc(-c2ccccc2)cc2c1nc(-c1[c-]cc(C)c3c1oc1ccccc13)n2-c1ccccc1.[Ir].[c-]1ccccc1-c1ccccn1. The molecule has 0 saturated carbocycles. The van der Waals surface area contributed by atoms with Crippen LogP contribution < -0.4 is 0 Å². The summed E-state index contributed by atoms with van der Waals surface area (Å²) in [5, 5.41) is 2.21. The maximum absolute atomic E-state index is 6.43. The maximum Gasteiger partial charge on any atom is 0.120 e. The van der Waals surface area contributed by atoms with Gasteiger partial charge in [0.2, 0.25) is 0 Å². The summed E-state index contributed by atoms with van der Waals surface area (Å²) in [6.07, 6.45) is 1.79. The van der Waals surface area contributed by atoms with Crippen molar-refractivity contribution in [2.45, 2.75) is 13.8 Å². The Morgan fingerprint density at radius 3 is 2.18 bits per heavy atom. The van der Waals surface area contributed by atoms with Crippen LogP contribution in [0.25, 0.3) is 72.6 Å². The molecule has 0 N–H and O–H groups in total. The predicted octanol–water partition coefficient (Wildman–Crippen LogP) is 10.6. The summed E-state index contributed by atoms with van der Waals surface area (Å²) in [4.78, 5) is 14.3. The number of nitrogens with zero attached hydrogens (tertiary/aromatic N) is 4. The van der Waals surface area contributed by atoms with Crippen LogP contribution in [-0.4, -0.2) is 19.5 Å². The van der Waals surface area contributed by atoms with Crippen molar-refractivity contribution in [3.05, 3.63) is 169 Å². The van der Waals surface area contributed by atoms with Crippen LogP contribution in [0.4, 0.5) is 0 Å². The molecule has 0 bridgehead atoms. The predicted molar refractivity (Wildman–Crippen MR) is 194 cm³/mol. The first-order chi connectivity index (χ1) is 23.7. The summed E-state index contributed by atoms with van der Waals surface area (Å²) in [6.45, 7) is 4.13. The first kappa shape index (κ1) is 31.9. The molecule has 5 aromatic carbocycles. The smallest absolute Gasteiger partial charge is 0.120 e. The minimum atomic E-state index is 0. The second kappa shape index (κ2) is 13.8. The standard InChI is InChI=1S/C32H22N3O.C11H8N.Ir/c1-20-17-18-25(31-29(20)24-15-9-10-16-28(24)36-31)32-34-30-21(2)33-26(22-11-5-3-6-12-22)19-27(30)35(32)23-13-7-4-8-14-23;1-2-6-10(7-3-1)11-8-4-5-9-12-11;/h3-17,19H,1-2H3;1-6,8-9H;/q2*-1;. The fraction of sp³-hybridized carbons (Fsp3) is 0.0465. The Balaban J connectivity index is 0.000000246. The number of hydrogen-bond donors (Lipinski definition) is 0. The summed E-state index contributed by atoms with van der Waals surface area (Å²) in [7, 11) is 0. The third-order valence-electron chi connectivity index (χ3n) is 8.42. The van der Waals surface area contributed by atoms with Gasteiger partial charge in [0.05, 0.1) is 33.8 Å². The summed E-state index contributed by atoms with van der Waals surface area (Å²) in [5.74, 6) is 0.787. The van der Waals surface area contributed by atoms with E-state index in [-0.39, 0.29) is 20.1 Å². The van der Waals surface area contributed by atoms with Crippen molar-refractivity contribution in [1.29, 1.82) is 0 Å². The van der Waals surface area contributed by atoms with Crippen LogP contribution in [0, 0.1) is 26.0 Å². The van der Waals surface area contributed by atoms with Crippen LogP contribution in [0.1, 0.15) is 11.3 Å². The first-order valence-corrected chi connectivity index (χ1v) is 15.9. The van der Waals surface area contributed by atoms with Crippen molar-refractivity contribution >= 4 is 33.0 Å². The van der Waals surface area contributed by atoms with E-state index >= 15 is 0 Å². The fourth-order valence-corrected chi connectivity index (χ4v) is 6.16. The van der Waals surface area contributed by atoms with Gasteiger partial charge in [0.15, 0.2) is 0 Å². The molecular formula is C43H30IrN4O-2. The summed E-state index contributed by atoms with van der Waals surface area (Å²) in [6, 6.07) is 53.3. The van der Waals surface area contributed by atoms with Crippen LogP contribution in [0.2, 0.25) is 0 Å². The van der Waals surface area contributed by atoms with Crippen molar-refractivity contribution in [3.63, 3.8) is 0 Å². The van der Waals surface area contributed by atoms with Crippen molar-refractivity contribution in [2.24, 2.45) is 0 Å². The zero-order valence-electron chi connectivity index (χ0n) is 26.9. The number of imidazole rings is 1. The molecule has 1 radical (unpaired) electrons. The quantitative estimate of drug-likeness (QED) is 0.166. The van der Waals surface area contributed by atoms with E-state index in [0.717, 1.165) is 83.8 Å². The molecule has 4 heterocycles. The normalized spacial score (nSPS) is 10.9. The Bertz CT molecular complexity index is 2470. The maximum atomic E-state index is 6.43. The molecule has 0 aliphatic carbocycles. The van der Waals surface area contributed by atoms with E-state index in [4.69, 9.17) is 14.4 Å². The zero-order valence-corrected chi connectivity index (χ0v) is 29.3. The molecule has 0 aliphatic rings. The van der Waals surface area contributed by atoms with Gasteiger partial charge in [-0.15, -0.1) is 53.6 Å². The third kappa shape index (κ3) is 6.09. The fourth-order valence-electron chi connectivity index (χ4n) is 6.16. The Kier molecular flexibility index (Phi) is 8.99. The number of aromatic nitrogens is 4. The summed E-state index contributed by atoms with van der Waals surface area (Å²) in [5.41, 5.74) is 11.4. The Morgan fingerprint density at radius 1 is 0.694 bits per heavy atom. The van der Waals surface area contributed by atoms with Crippen LogP contribution in [0.15, 0.2) is 150 Å². The zero-order chi connectivity index (χ0) is 32.5. The van der Waals surface area contributed by atoms with E-state index < -0.39 is 0 Å². The average molecular weight is 811 g/mol. The number of hydrogen-bond acceptors (Lipinski definition) is 4. The van der Waals surface area contributed by atoms with Gasteiger partial charge in [-0.05, 0) is 42.9 Å². The number of furan rings is 1. The second-order valence-electron chi connectivity index (χ2n) is 11.6. The molecular weight excluding hydrogens is 781 g/mol. The number of rotatable bonds is 4. The van der Waals surface area contributed by atoms with E-state index in [2.05, 4.69) is 65.0 Å². The molecule has 9 rings (SSSR count). The number of benzene rings is 5. The Morgan fingerprint density at radius 2 is 1.43 bits per heavy atom. The molecule has 0 unspecified atom stereocenters. The minimum Gasteiger partial charge on any atom is -0.501 e. The molecule has 5 nitrogen and oxygen atoms in total. The van der Waals surface area contributed by atoms with E-state index in [9.17, 15) is 0 Å². The van der Waals surface area contributed by atoms with Crippen LogP contribution in [-0.2, 0) is 20.1 Å². The van der Waals surface area contributed by atoms with Crippen molar-refractivity contribution in [3.8, 4) is 39.6 Å².